The number of nitrogens with zero attached hydrogens (tertiary/aromatic N) is 3. The van der Waals surface area contributed by atoms with Gasteiger partial charge in [0.1, 0.15) is 0 Å². The van der Waals surface area contributed by atoms with E-state index in [9.17, 15) is 4.79 Å². The lowest BCUT2D eigenvalue weighted by Crippen LogP contribution is -2.37. The first kappa shape index (κ1) is 12.2. The van der Waals surface area contributed by atoms with Crippen LogP contribution in [0.25, 0.3) is 0 Å². The summed E-state index contributed by atoms with van der Waals surface area (Å²) in [6.07, 6.45) is 1.25. The van der Waals surface area contributed by atoms with Gasteiger partial charge in [0.25, 0.3) is 0 Å². The first-order valence-corrected chi connectivity index (χ1v) is 6.02. The summed E-state index contributed by atoms with van der Waals surface area (Å²) in [5.41, 5.74) is 4.86. The Morgan fingerprint density at radius 1 is 1.65 bits per heavy atom. The third-order valence-electron chi connectivity index (χ3n) is 3.10. The van der Waals surface area contributed by atoms with Crippen LogP contribution in [0.15, 0.2) is 4.42 Å². The van der Waals surface area contributed by atoms with Crippen LogP contribution < -0.4 is 10.6 Å². The molecule has 1 aromatic heterocycles. The molecule has 0 aromatic carbocycles. The summed E-state index contributed by atoms with van der Waals surface area (Å²) in [5, 5.41) is 7.82. The molecule has 0 radical (unpaired) electrons. The van der Waals surface area contributed by atoms with Crippen LogP contribution in [-0.2, 0) is 11.2 Å². The second-order valence-corrected chi connectivity index (χ2v) is 4.89. The Labute approximate surface area is 104 Å². The Balaban J connectivity index is 2.07. The summed E-state index contributed by atoms with van der Waals surface area (Å²) < 4.78 is 5.45. The van der Waals surface area contributed by atoms with E-state index < -0.39 is 5.41 Å². The lowest BCUT2D eigenvalue weighted by atomic mass is 9.89. The number of amides is 1. The molecule has 6 nitrogen and oxygen atoms in total. The summed E-state index contributed by atoms with van der Waals surface area (Å²) in [7, 11) is 0. The van der Waals surface area contributed by atoms with Crippen molar-refractivity contribution in [2.45, 2.75) is 19.8 Å². The number of carbonyl (C=O) groups is 1. The van der Waals surface area contributed by atoms with E-state index in [4.69, 9.17) is 21.8 Å². The lowest BCUT2D eigenvalue weighted by Gasteiger charge is -2.19. The SMILES string of the molecule is CC1(C(N)=O)CCN(c2nnc(CCCl)o2)C1. The molecule has 1 fully saturated rings. The van der Waals surface area contributed by atoms with Gasteiger partial charge in [-0.05, 0) is 13.3 Å². The van der Waals surface area contributed by atoms with Crippen LogP contribution in [0.5, 0.6) is 0 Å². The van der Waals surface area contributed by atoms with E-state index in [1.54, 1.807) is 0 Å². The number of hydrogen-bond acceptors (Lipinski definition) is 5. The summed E-state index contributed by atoms with van der Waals surface area (Å²) in [6.45, 7) is 3.07. The van der Waals surface area contributed by atoms with Crippen molar-refractivity contribution < 1.29 is 9.21 Å². The summed E-state index contributed by atoms with van der Waals surface area (Å²) in [6, 6.07) is 0.440. The number of hydrogen-bond donors (Lipinski definition) is 1. The monoisotopic (exact) mass is 258 g/mol. The van der Waals surface area contributed by atoms with Crippen molar-refractivity contribution in [1.82, 2.24) is 10.2 Å². The highest BCUT2D eigenvalue weighted by Gasteiger charge is 2.40. The molecule has 2 rings (SSSR count). The molecular formula is C10H15ClN4O2. The molecule has 0 spiro atoms. The molecule has 0 aliphatic carbocycles. The first-order chi connectivity index (χ1) is 8.05. The number of rotatable bonds is 4. The number of alkyl halides is 1. The smallest absolute Gasteiger partial charge is 0.318 e. The predicted molar refractivity (Wildman–Crippen MR) is 62.9 cm³/mol. The van der Waals surface area contributed by atoms with Crippen molar-refractivity contribution in [3.05, 3.63) is 5.89 Å². The van der Waals surface area contributed by atoms with E-state index in [2.05, 4.69) is 10.2 Å². The topological polar surface area (TPSA) is 85.3 Å². The van der Waals surface area contributed by atoms with Gasteiger partial charge in [-0.1, -0.05) is 5.10 Å². The molecule has 1 aromatic rings. The Morgan fingerprint density at radius 2 is 2.41 bits per heavy atom. The zero-order valence-corrected chi connectivity index (χ0v) is 10.4. The van der Waals surface area contributed by atoms with E-state index in [-0.39, 0.29) is 5.91 Å². The van der Waals surface area contributed by atoms with Crippen LogP contribution >= 0.6 is 11.6 Å². The van der Waals surface area contributed by atoms with E-state index >= 15 is 0 Å². The molecule has 1 amide bonds. The van der Waals surface area contributed by atoms with Crippen LogP contribution in [0.2, 0.25) is 0 Å². The number of nitrogens with two attached hydrogens (primary N) is 1. The largest absolute Gasteiger partial charge is 0.408 e. The molecule has 2 N–H and O–H groups in total. The van der Waals surface area contributed by atoms with Gasteiger partial charge < -0.3 is 15.1 Å². The average Bonchev–Trinajstić information content (AvgIpc) is 2.86. The molecule has 2 heterocycles. The molecule has 0 saturated carbocycles. The minimum atomic E-state index is -0.513. The van der Waals surface area contributed by atoms with E-state index in [0.29, 0.717) is 43.7 Å². The van der Waals surface area contributed by atoms with Gasteiger partial charge >= 0.3 is 6.01 Å². The number of halogens is 1. The van der Waals surface area contributed by atoms with Crippen LogP contribution in [0.1, 0.15) is 19.2 Å². The maximum Gasteiger partial charge on any atom is 0.318 e. The highest BCUT2D eigenvalue weighted by molar-refractivity contribution is 6.17. The van der Waals surface area contributed by atoms with Crippen molar-refractivity contribution in [1.29, 1.82) is 0 Å². The lowest BCUT2D eigenvalue weighted by molar-refractivity contribution is -0.125. The second kappa shape index (κ2) is 4.52. The standard InChI is InChI=1S/C10H15ClN4O2/c1-10(8(12)16)3-5-15(6-10)9-14-13-7(17-9)2-4-11/h2-6H2,1H3,(H2,12,16). The van der Waals surface area contributed by atoms with Gasteiger partial charge in [0, 0.05) is 25.4 Å². The van der Waals surface area contributed by atoms with E-state index in [1.807, 2.05) is 11.8 Å². The fourth-order valence-corrected chi connectivity index (χ4v) is 2.04. The Bertz CT molecular complexity index is 422. The number of primary amides is 1. The number of anilines is 1. The van der Waals surface area contributed by atoms with Crippen LogP contribution in [0.3, 0.4) is 0 Å². The number of carbonyl (C=O) groups excluding carboxylic acids is 1. The molecule has 7 heteroatoms. The normalized spacial score (nSPS) is 24.2. The fourth-order valence-electron chi connectivity index (χ4n) is 1.88. The number of aryl methyl sites for hydroxylation is 1. The molecule has 1 atom stereocenters. The molecular weight excluding hydrogens is 244 g/mol. The van der Waals surface area contributed by atoms with Crippen molar-refractivity contribution >= 4 is 23.5 Å². The summed E-state index contributed by atoms with van der Waals surface area (Å²) in [4.78, 5) is 13.2. The molecule has 1 unspecified atom stereocenters. The van der Waals surface area contributed by atoms with Gasteiger partial charge in [0.2, 0.25) is 11.8 Å². The molecule has 1 aliphatic rings. The van der Waals surface area contributed by atoms with Crippen molar-refractivity contribution in [2.24, 2.45) is 11.1 Å². The Morgan fingerprint density at radius 3 is 3.00 bits per heavy atom. The van der Waals surface area contributed by atoms with Gasteiger partial charge in [0.05, 0.1) is 5.41 Å². The van der Waals surface area contributed by atoms with Crippen molar-refractivity contribution in [3.8, 4) is 0 Å². The Kier molecular flexibility index (Phi) is 3.24. The minimum absolute atomic E-state index is 0.291. The van der Waals surface area contributed by atoms with E-state index in [1.165, 1.54) is 0 Å². The second-order valence-electron chi connectivity index (χ2n) is 4.51. The van der Waals surface area contributed by atoms with Crippen LogP contribution in [0, 0.1) is 5.41 Å². The molecule has 1 saturated heterocycles. The average molecular weight is 259 g/mol. The van der Waals surface area contributed by atoms with E-state index in [0.717, 1.165) is 0 Å². The fraction of sp³-hybridized carbons (Fsp3) is 0.700. The molecule has 1 aliphatic heterocycles. The third kappa shape index (κ3) is 2.36. The van der Waals surface area contributed by atoms with Gasteiger partial charge in [-0.3, -0.25) is 4.79 Å². The highest BCUT2D eigenvalue weighted by Crippen LogP contribution is 2.32. The zero-order chi connectivity index (χ0) is 12.5. The van der Waals surface area contributed by atoms with Gasteiger partial charge in [0.15, 0.2) is 0 Å². The molecule has 17 heavy (non-hydrogen) atoms. The van der Waals surface area contributed by atoms with Gasteiger partial charge in [-0.2, -0.15) is 0 Å². The first-order valence-electron chi connectivity index (χ1n) is 5.48. The third-order valence-corrected chi connectivity index (χ3v) is 3.29. The van der Waals surface area contributed by atoms with Gasteiger partial charge in [-0.25, -0.2) is 0 Å². The minimum Gasteiger partial charge on any atom is -0.408 e. The van der Waals surface area contributed by atoms with Gasteiger partial charge in [-0.15, -0.1) is 16.7 Å². The summed E-state index contributed by atoms with van der Waals surface area (Å²) in [5.74, 6) is 0.670. The highest BCUT2D eigenvalue weighted by atomic mass is 35.5. The number of aromatic nitrogens is 2. The van der Waals surface area contributed by atoms with Crippen LogP contribution in [0.4, 0.5) is 6.01 Å². The molecule has 94 valence electrons. The Hall–Kier alpha value is -1.30. The zero-order valence-electron chi connectivity index (χ0n) is 9.65. The van der Waals surface area contributed by atoms with Crippen molar-refractivity contribution in [3.63, 3.8) is 0 Å². The van der Waals surface area contributed by atoms with Crippen molar-refractivity contribution in [2.75, 3.05) is 23.9 Å². The maximum absolute atomic E-state index is 11.3. The predicted octanol–water partition coefficient (Wildman–Crippen LogP) is 0.553. The molecule has 0 bridgehead atoms. The summed E-state index contributed by atoms with van der Waals surface area (Å²) >= 11 is 5.59. The quantitative estimate of drug-likeness (QED) is 0.798. The van der Waals surface area contributed by atoms with Crippen LogP contribution in [-0.4, -0.2) is 35.1 Å². The maximum atomic E-state index is 11.3.